The van der Waals surface area contributed by atoms with Gasteiger partial charge in [0, 0.05) is 4.48 Å². The number of rotatable bonds is 4. The highest BCUT2D eigenvalue weighted by molar-refractivity contribution is 9.11. The summed E-state index contributed by atoms with van der Waals surface area (Å²) in [6.45, 7) is 3.78. The van der Waals surface area contributed by atoms with E-state index < -0.39 is 5.97 Å². The van der Waals surface area contributed by atoms with Gasteiger partial charge in [0.15, 0.2) is 0 Å². The van der Waals surface area contributed by atoms with Crippen LogP contribution in [0.4, 0.5) is 0 Å². The number of hydrogen-bond donors (Lipinski definition) is 1. The molecule has 74 valence electrons. The van der Waals surface area contributed by atoms with Gasteiger partial charge in [-0.2, -0.15) is 0 Å². The minimum Gasteiger partial charge on any atom is -0.464 e. The largest absolute Gasteiger partial charge is 0.464 e. The predicted octanol–water partition coefficient (Wildman–Crippen LogP) is 1.17. The fourth-order valence-electron chi connectivity index (χ4n) is 0.675. The molecule has 0 saturated carbocycles. The van der Waals surface area contributed by atoms with Crippen molar-refractivity contribution in [2.45, 2.75) is 13.8 Å². The Labute approximate surface area is 85.5 Å². The van der Waals surface area contributed by atoms with Gasteiger partial charge in [-0.25, -0.2) is 4.79 Å². The number of carbonyl (C=O) groups excluding carboxylic acids is 2. The molecule has 4 nitrogen and oxygen atoms in total. The zero-order valence-electron chi connectivity index (χ0n) is 7.76. The van der Waals surface area contributed by atoms with Crippen LogP contribution >= 0.6 is 15.9 Å². The summed E-state index contributed by atoms with van der Waals surface area (Å²) in [5.41, 5.74) is 0.146. The van der Waals surface area contributed by atoms with Gasteiger partial charge in [0.2, 0.25) is 6.41 Å². The van der Waals surface area contributed by atoms with Gasteiger partial charge in [-0.3, -0.25) is 4.79 Å². The molecule has 1 N–H and O–H groups in total. The van der Waals surface area contributed by atoms with Crippen molar-refractivity contribution < 1.29 is 14.3 Å². The fraction of sp³-hybridized carbons (Fsp3) is 0.500. The second kappa shape index (κ2) is 5.75. The predicted molar refractivity (Wildman–Crippen MR) is 52.0 cm³/mol. The summed E-state index contributed by atoms with van der Waals surface area (Å²) in [7, 11) is 1.26. The summed E-state index contributed by atoms with van der Waals surface area (Å²) in [5.74, 6) is -0.450. The van der Waals surface area contributed by atoms with E-state index in [0.29, 0.717) is 10.9 Å². The Bertz CT molecular complexity index is 236. The van der Waals surface area contributed by atoms with E-state index in [1.54, 1.807) is 0 Å². The summed E-state index contributed by atoms with van der Waals surface area (Å²) >= 11 is 3.21. The second-order valence-electron chi connectivity index (χ2n) is 2.63. The zero-order valence-corrected chi connectivity index (χ0v) is 9.34. The average Bonchev–Trinajstić information content (AvgIpc) is 2.11. The number of nitrogens with one attached hydrogen (secondary N) is 1. The number of ether oxygens (including phenoxy) is 1. The molecule has 0 fully saturated rings. The summed E-state index contributed by atoms with van der Waals surface area (Å²) in [6, 6.07) is 0. The topological polar surface area (TPSA) is 55.4 Å². The van der Waals surface area contributed by atoms with Gasteiger partial charge in [0.25, 0.3) is 0 Å². The molecule has 5 heteroatoms. The second-order valence-corrected chi connectivity index (χ2v) is 3.49. The number of carbonyl (C=O) groups is 2. The van der Waals surface area contributed by atoms with Crippen LogP contribution in [0.25, 0.3) is 0 Å². The molecule has 0 saturated heterocycles. The maximum Gasteiger partial charge on any atom is 0.355 e. The number of hydrogen-bond acceptors (Lipinski definition) is 3. The molecule has 0 spiro atoms. The molecule has 0 aliphatic carbocycles. The Morgan fingerprint density at radius 3 is 2.38 bits per heavy atom. The van der Waals surface area contributed by atoms with Crippen LogP contribution in [-0.4, -0.2) is 19.5 Å². The first-order valence-corrected chi connectivity index (χ1v) is 4.52. The van der Waals surface area contributed by atoms with Crippen molar-refractivity contribution in [3.63, 3.8) is 0 Å². The van der Waals surface area contributed by atoms with E-state index in [1.165, 1.54) is 7.11 Å². The lowest BCUT2D eigenvalue weighted by Crippen LogP contribution is -2.22. The fourth-order valence-corrected chi connectivity index (χ4v) is 0.951. The van der Waals surface area contributed by atoms with Crippen molar-refractivity contribution in [2.75, 3.05) is 7.11 Å². The van der Waals surface area contributed by atoms with E-state index in [1.807, 2.05) is 13.8 Å². The number of esters is 1. The molecule has 13 heavy (non-hydrogen) atoms. The minimum atomic E-state index is -0.562. The van der Waals surface area contributed by atoms with Gasteiger partial charge >= 0.3 is 5.97 Å². The molecule has 0 bridgehead atoms. The Morgan fingerprint density at radius 2 is 2.08 bits per heavy atom. The van der Waals surface area contributed by atoms with Gasteiger partial charge < -0.3 is 10.1 Å². The Balaban J connectivity index is 4.86. The highest BCUT2D eigenvalue weighted by Crippen LogP contribution is 2.20. The third-order valence-corrected chi connectivity index (χ3v) is 2.65. The van der Waals surface area contributed by atoms with Crippen molar-refractivity contribution in [1.29, 1.82) is 0 Å². The molecule has 0 radical (unpaired) electrons. The molecular formula is C8H12BrNO3. The molecule has 0 aromatic carbocycles. The first-order valence-electron chi connectivity index (χ1n) is 3.72. The first kappa shape index (κ1) is 12.2. The van der Waals surface area contributed by atoms with Crippen LogP contribution in [0.1, 0.15) is 13.8 Å². The van der Waals surface area contributed by atoms with Crippen LogP contribution in [0.15, 0.2) is 10.2 Å². The van der Waals surface area contributed by atoms with Crippen LogP contribution in [0.5, 0.6) is 0 Å². The van der Waals surface area contributed by atoms with Crippen LogP contribution in [0.2, 0.25) is 0 Å². The summed E-state index contributed by atoms with van der Waals surface area (Å²) < 4.78 is 5.11. The molecular weight excluding hydrogens is 238 g/mol. The third-order valence-electron chi connectivity index (χ3n) is 1.34. The standard InChI is InChI=1S/C8H12BrNO3/c1-5(2)6(9)7(10-4-11)8(12)13-3/h4-5H,1-3H3,(H,10,11)/b7-6+. The van der Waals surface area contributed by atoms with Gasteiger partial charge in [-0.15, -0.1) is 0 Å². The third kappa shape index (κ3) is 3.59. The van der Waals surface area contributed by atoms with E-state index in [2.05, 4.69) is 26.0 Å². The van der Waals surface area contributed by atoms with Crippen molar-refractivity contribution in [3.8, 4) is 0 Å². The lowest BCUT2D eigenvalue weighted by Gasteiger charge is -2.09. The average molecular weight is 250 g/mol. The Morgan fingerprint density at radius 1 is 1.54 bits per heavy atom. The van der Waals surface area contributed by atoms with Crippen LogP contribution in [-0.2, 0) is 14.3 Å². The Hall–Kier alpha value is -0.840. The van der Waals surface area contributed by atoms with Crippen LogP contribution in [0, 0.1) is 5.92 Å². The number of amides is 1. The molecule has 0 aromatic heterocycles. The molecule has 0 unspecified atom stereocenters. The van der Waals surface area contributed by atoms with E-state index in [-0.39, 0.29) is 11.6 Å². The zero-order chi connectivity index (χ0) is 10.4. The Kier molecular flexibility index (Phi) is 5.37. The summed E-state index contributed by atoms with van der Waals surface area (Å²) in [4.78, 5) is 21.3. The van der Waals surface area contributed by atoms with Gasteiger partial charge in [0.1, 0.15) is 5.70 Å². The molecule has 0 aliphatic heterocycles. The summed E-state index contributed by atoms with van der Waals surface area (Å²) in [6.07, 6.45) is 0.440. The van der Waals surface area contributed by atoms with Gasteiger partial charge in [-0.05, 0) is 5.92 Å². The molecule has 0 heterocycles. The maximum atomic E-state index is 11.1. The molecule has 0 aromatic rings. The number of halogens is 1. The van der Waals surface area contributed by atoms with Crippen molar-refractivity contribution in [2.24, 2.45) is 5.92 Å². The lowest BCUT2D eigenvalue weighted by molar-refractivity contribution is -0.137. The van der Waals surface area contributed by atoms with E-state index in [4.69, 9.17) is 0 Å². The molecule has 1 amide bonds. The van der Waals surface area contributed by atoms with E-state index in [0.717, 1.165) is 0 Å². The monoisotopic (exact) mass is 249 g/mol. The quantitative estimate of drug-likeness (QED) is 0.463. The van der Waals surface area contributed by atoms with E-state index >= 15 is 0 Å². The van der Waals surface area contributed by atoms with Gasteiger partial charge in [0.05, 0.1) is 7.11 Å². The highest BCUT2D eigenvalue weighted by Gasteiger charge is 2.15. The smallest absolute Gasteiger partial charge is 0.355 e. The highest BCUT2D eigenvalue weighted by atomic mass is 79.9. The molecule has 0 rings (SSSR count). The van der Waals surface area contributed by atoms with Crippen molar-refractivity contribution >= 4 is 28.3 Å². The van der Waals surface area contributed by atoms with Crippen molar-refractivity contribution in [3.05, 3.63) is 10.2 Å². The molecule has 0 aliphatic rings. The van der Waals surface area contributed by atoms with E-state index in [9.17, 15) is 9.59 Å². The number of allylic oxidation sites excluding steroid dienone is 1. The SMILES string of the molecule is COC(=O)/C(NC=O)=C(\Br)C(C)C. The normalized spacial score (nSPS) is 12.1. The minimum absolute atomic E-state index is 0.113. The summed E-state index contributed by atoms with van der Waals surface area (Å²) in [5, 5.41) is 2.29. The van der Waals surface area contributed by atoms with Gasteiger partial charge in [-0.1, -0.05) is 29.8 Å². The number of methoxy groups -OCH3 is 1. The van der Waals surface area contributed by atoms with Crippen molar-refractivity contribution in [1.82, 2.24) is 5.32 Å². The first-order chi connectivity index (χ1) is 6.04. The van der Waals surface area contributed by atoms with Crippen LogP contribution in [0.3, 0.4) is 0 Å². The lowest BCUT2D eigenvalue weighted by atomic mass is 10.2. The maximum absolute atomic E-state index is 11.1. The van der Waals surface area contributed by atoms with Crippen LogP contribution < -0.4 is 5.32 Å². The molecule has 0 atom stereocenters.